The second-order valence-corrected chi connectivity index (χ2v) is 5.69. The van der Waals surface area contributed by atoms with Crippen molar-refractivity contribution >= 4 is 0 Å². The van der Waals surface area contributed by atoms with E-state index in [1.807, 2.05) is 0 Å². The molecule has 0 atom stereocenters. The highest BCUT2D eigenvalue weighted by atomic mass is 16.1. The number of H-pyrrole nitrogens is 1. The van der Waals surface area contributed by atoms with Gasteiger partial charge in [0.1, 0.15) is 5.82 Å². The fourth-order valence-corrected chi connectivity index (χ4v) is 2.53. The van der Waals surface area contributed by atoms with Gasteiger partial charge in [-0.3, -0.25) is 4.79 Å². The Labute approximate surface area is 111 Å². The molecule has 1 aromatic heterocycles. The topological polar surface area (TPSA) is 45.8 Å². The Morgan fingerprint density at radius 1 is 1.00 bits per heavy atom. The molecule has 0 aliphatic heterocycles. The maximum Gasteiger partial charge on any atom is 0.251 e. The summed E-state index contributed by atoms with van der Waals surface area (Å²) in [5.74, 6) is 1.97. The minimum Gasteiger partial charge on any atom is -0.307 e. The van der Waals surface area contributed by atoms with Gasteiger partial charge < -0.3 is 4.98 Å². The maximum atomic E-state index is 11.7. The van der Waals surface area contributed by atoms with E-state index in [9.17, 15) is 4.79 Å². The fraction of sp³-hybridized carbons (Fsp3) is 0.375. The lowest BCUT2D eigenvalue weighted by molar-refractivity contribution is 0.976. The summed E-state index contributed by atoms with van der Waals surface area (Å²) in [4.78, 5) is 19.2. The summed E-state index contributed by atoms with van der Waals surface area (Å²) in [7, 11) is 0. The molecule has 4 rings (SSSR count). The largest absolute Gasteiger partial charge is 0.307 e. The minimum absolute atomic E-state index is 0.0434. The molecular weight excluding hydrogens is 236 g/mol. The Kier molecular flexibility index (Phi) is 2.34. The van der Waals surface area contributed by atoms with E-state index in [2.05, 4.69) is 34.2 Å². The first-order valence-corrected chi connectivity index (χ1v) is 7.01. The van der Waals surface area contributed by atoms with E-state index in [-0.39, 0.29) is 5.56 Å². The van der Waals surface area contributed by atoms with Gasteiger partial charge in [-0.05, 0) is 37.2 Å². The lowest BCUT2D eigenvalue weighted by Crippen LogP contribution is -2.09. The second-order valence-electron chi connectivity index (χ2n) is 5.69. The highest BCUT2D eigenvalue weighted by Gasteiger charge is 2.26. The first-order chi connectivity index (χ1) is 9.29. The van der Waals surface area contributed by atoms with Crippen LogP contribution in [0.3, 0.4) is 0 Å². The molecule has 0 saturated heterocycles. The third kappa shape index (κ3) is 2.21. The van der Waals surface area contributed by atoms with Crippen molar-refractivity contribution in [3.63, 3.8) is 0 Å². The van der Waals surface area contributed by atoms with Crippen molar-refractivity contribution in [2.75, 3.05) is 0 Å². The summed E-state index contributed by atoms with van der Waals surface area (Å²) in [6, 6.07) is 10.1. The fourth-order valence-electron chi connectivity index (χ4n) is 2.53. The second kappa shape index (κ2) is 4.05. The molecule has 0 spiro atoms. The van der Waals surface area contributed by atoms with E-state index < -0.39 is 0 Å². The van der Waals surface area contributed by atoms with Crippen LogP contribution in [0.5, 0.6) is 0 Å². The monoisotopic (exact) mass is 252 g/mol. The first kappa shape index (κ1) is 11.0. The molecule has 2 fully saturated rings. The number of nitrogens with zero attached hydrogens (tertiary/aromatic N) is 1. The van der Waals surface area contributed by atoms with Crippen LogP contribution < -0.4 is 5.56 Å². The zero-order valence-corrected chi connectivity index (χ0v) is 10.7. The van der Waals surface area contributed by atoms with E-state index in [0.717, 1.165) is 30.0 Å². The molecule has 0 bridgehead atoms. The van der Waals surface area contributed by atoms with Crippen LogP contribution in [0.4, 0.5) is 0 Å². The van der Waals surface area contributed by atoms with Crippen LogP contribution in [0.1, 0.15) is 48.8 Å². The standard InChI is InChI=1S/C16H16N2O/c19-15-9-14(12-5-6-12)17-16(18-15)13-7-3-11(4-8-13)10-1-2-10/h3-4,7-10,12H,1-2,5-6H2,(H,17,18,19). The van der Waals surface area contributed by atoms with Crippen molar-refractivity contribution in [3.05, 3.63) is 51.9 Å². The molecule has 2 aromatic rings. The van der Waals surface area contributed by atoms with Gasteiger partial charge in [-0.15, -0.1) is 0 Å². The van der Waals surface area contributed by atoms with Gasteiger partial charge in [-0.1, -0.05) is 24.3 Å². The third-order valence-corrected chi connectivity index (χ3v) is 3.99. The molecular formula is C16H16N2O. The number of rotatable bonds is 3. The SMILES string of the molecule is O=c1cc(C2CC2)nc(-c2ccc(C3CC3)cc2)[nH]1. The van der Waals surface area contributed by atoms with Crippen LogP contribution in [-0.2, 0) is 0 Å². The predicted molar refractivity (Wildman–Crippen MR) is 74.2 cm³/mol. The van der Waals surface area contributed by atoms with Gasteiger partial charge in [0, 0.05) is 17.5 Å². The maximum absolute atomic E-state index is 11.7. The summed E-state index contributed by atoms with van der Waals surface area (Å²) in [5.41, 5.74) is 3.32. The number of aromatic amines is 1. The zero-order chi connectivity index (χ0) is 12.8. The molecule has 19 heavy (non-hydrogen) atoms. The van der Waals surface area contributed by atoms with Crippen LogP contribution in [0.15, 0.2) is 35.1 Å². The number of benzene rings is 1. The molecule has 3 nitrogen and oxygen atoms in total. The lowest BCUT2D eigenvalue weighted by Gasteiger charge is -2.05. The smallest absolute Gasteiger partial charge is 0.251 e. The predicted octanol–water partition coefficient (Wildman–Crippen LogP) is 3.19. The molecule has 0 radical (unpaired) electrons. The number of hydrogen-bond acceptors (Lipinski definition) is 2. The summed E-state index contributed by atoms with van der Waals surface area (Å²) < 4.78 is 0. The van der Waals surface area contributed by atoms with E-state index in [0.29, 0.717) is 11.7 Å². The van der Waals surface area contributed by atoms with Gasteiger partial charge in [0.05, 0.1) is 5.69 Å². The van der Waals surface area contributed by atoms with Crippen molar-refractivity contribution in [2.24, 2.45) is 0 Å². The highest BCUT2D eigenvalue weighted by Crippen LogP contribution is 2.41. The van der Waals surface area contributed by atoms with Gasteiger partial charge in [-0.2, -0.15) is 0 Å². The highest BCUT2D eigenvalue weighted by molar-refractivity contribution is 5.55. The molecule has 1 N–H and O–H groups in total. The van der Waals surface area contributed by atoms with Gasteiger partial charge in [0.25, 0.3) is 5.56 Å². The van der Waals surface area contributed by atoms with Crippen LogP contribution in [0.25, 0.3) is 11.4 Å². The van der Waals surface area contributed by atoms with Crippen molar-refractivity contribution < 1.29 is 0 Å². The van der Waals surface area contributed by atoms with Crippen molar-refractivity contribution in [2.45, 2.75) is 37.5 Å². The summed E-state index contributed by atoms with van der Waals surface area (Å²) in [5, 5.41) is 0. The molecule has 1 aromatic carbocycles. The Hall–Kier alpha value is -1.90. The number of nitrogens with one attached hydrogen (secondary N) is 1. The quantitative estimate of drug-likeness (QED) is 0.911. The molecule has 96 valence electrons. The Balaban J connectivity index is 1.71. The number of aromatic nitrogens is 2. The van der Waals surface area contributed by atoms with E-state index in [1.165, 1.54) is 18.4 Å². The molecule has 2 aliphatic carbocycles. The summed E-state index contributed by atoms with van der Waals surface area (Å²) in [6.07, 6.45) is 4.95. The molecule has 2 saturated carbocycles. The molecule has 3 heteroatoms. The summed E-state index contributed by atoms with van der Waals surface area (Å²) in [6.45, 7) is 0. The van der Waals surface area contributed by atoms with Crippen molar-refractivity contribution in [1.82, 2.24) is 9.97 Å². The van der Waals surface area contributed by atoms with Crippen molar-refractivity contribution in [1.29, 1.82) is 0 Å². The number of hydrogen-bond donors (Lipinski definition) is 1. The average molecular weight is 252 g/mol. The van der Waals surface area contributed by atoms with Gasteiger partial charge in [-0.25, -0.2) is 4.98 Å². The van der Waals surface area contributed by atoms with Crippen LogP contribution in [0, 0.1) is 0 Å². The lowest BCUT2D eigenvalue weighted by atomic mass is 10.1. The minimum atomic E-state index is -0.0434. The van der Waals surface area contributed by atoms with E-state index in [4.69, 9.17) is 0 Å². The van der Waals surface area contributed by atoms with E-state index >= 15 is 0 Å². The van der Waals surface area contributed by atoms with E-state index in [1.54, 1.807) is 6.07 Å². The first-order valence-electron chi connectivity index (χ1n) is 7.01. The van der Waals surface area contributed by atoms with Gasteiger partial charge in [0.15, 0.2) is 0 Å². The zero-order valence-electron chi connectivity index (χ0n) is 10.7. The average Bonchev–Trinajstić information content (AvgIpc) is 3.31. The molecule has 1 heterocycles. The summed E-state index contributed by atoms with van der Waals surface area (Å²) >= 11 is 0. The normalized spacial score (nSPS) is 18.5. The van der Waals surface area contributed by atoms with Crippen molar-refractivity contribution in [3.8, 4) is 11.4 Å². The molecule has 0 amide bonds. The Bertz CT molecular complexity index is 664. The molecule has 0 unspecified atom stereocenters. The van der Waals surface area contributed by atoms with Crippen LogP contribution in [-0.4, -0.2) is 9.97 Å². The Morgan fingerprint density at radius 3 is 2.32 bits per heavy atom. The van der Waals surface area contributed by atoms with Gasteiger partial charge >= 0.3 is 0 Å². The van der Waals surface area contributed by atoms with Crippen LogP contribution in [0.2, 0.25) is 0 Å². The van der Waals surface area contributed by atoms with Gasteiger partial charge in [0.2, 0.25) is 0 Å². The molecule has 2 aliphatic rings. The Morgan fingerprint density at radius 2 is 1.68 bits per heavy atom. The van der Waals surface area contributed by atoms with Crippen LogP contribution >= 0.6 is 0 Å². The third-order valence-electron chi connectivity index (χ3n) is 3.99.